The second-order valence-electron chi connectivity index (χ2n) is 7.51. The molecule has 0 radical (unpaired) electrons. The molecule has 0 heterocycles. The molecule has 0 spiro atoms. The molecule has 1 N–H and O–H groups in total. The minimum Gasteiger partial charge on any atom is -0.388 e. The van der Waals surface area contributed by atoms with Gasteiger partial charge in [-0.25, -0.2) is 0 Å². The molecule has 0 fully saturated rings. The minimum absolute atomic E-state index is 0.325. The van der Waals surface area contributed by atoms with Crippen LogP contribution >= 0.6 is 0 Å². The van der Waals surface area contributed by atoms with E-state index in [9.17, 15) is 0 Å². The van der Waals surface area contributed by atoms with Crippen LogP contribution in [0.1, 0.15) is 27.8 Å². The van der Waals surface area contributed by atoms with Gasteiger partial charge in [0.15, 0.2) is 0 Å². The molecule has 0 unspecified atom stereocenters. The third kappa shape index (κ3) is 2.48. The fourth-order valence-electron chi connectivity index (χ4n) is 4.78. The second kappa shape index (κ2) is 6.79. The molecule has 140 valence electrons. The smallest absolute Gasteiger partial charge is 0.0713 e. The van der Waals surface area contributed by atoms with Crippen molar-refractivity contribution in [2.45, 2.75) is 5.41 Å². The number of nitrogens with one attached hydrogen (secondary N) is 1. The molecule has 1 aliphatic rings. The van der Waals surface area contributed by atoms with E-state index in [2.05, 4.69) is 115 Å². The van der Waals surface area contributed by atoms with Crippen LogP contribution in [0.25, 0.3) is 16.8 Å². The van der Waals surface area contributed by atoms with E-state index in [1.165, 1.54) is 33.4 Å². The Labute approximate surface area is 172 Å². The van der Waals surface area contributed by atoms with Gasteiger partial charge in [0.05, 0.1) is 5.41 Å². The largest absolute Gasteiger partial charge is 0.388 e. The van der Waals surface area contributed by atoms with Crippen molar-refractivity contribution in [1.29, 1.82) is 0 Å². The first-order valence-electron chi connectivity index (χ1n) is 9.99. The first-order valence-corrected chi connectivity index (χ1v) is 9.99. The number of benzene rings is 4. The van der Waals surface area contributed by atoms with E-state index in [0.29, 0.717) is 0 Å². The van der Waals surface area contributed by atoms with Crippen LogP contribution in [0.5, 0.6) is 0 Å². The van der Waals surface area contributed by atoms with E-state index >= 15 is 0 Å². The maximum absolute atomic E-state index is 4.11. The van der Waals surface area contributed by atoms with Crippen molar-refractivity contribution in [2.75, 3.05) is 7.05 Å². The fraction of sp³-hybridized carbons (Fsp3) is 0.0714. The molecular weight excluding hydrogens is 350 g/mol. The van der Waals surface area contributed by atoms with Gasteiger partial charge in [0.1, 0.15) is 0 Å². The van der Waals surface area contributed by atoms with Gasteiger partial charge in [0.25, 0.3) is 0 Å². The minimum atomic E-state index is -0.325. The summed E-state index contributed by atoms with van der Waals surface area (Å²) in [4.78, 5) is 0. The highest BCUT2D eigenvalue weighted by Gasteiger charge is 2.45. The molecule has 29 heavy (non-hydrogen) atoms. The number of rotatable bonds is 4. The van der Waals surface area contributed by atoms with Gasteiger partial charge in [-0.1, -0.05) is 110 Å². The molecule has 4 aromatic carbocycles. The van der Waals surface area contributed by atoms with E-state index in [4.69, 9.17) is 0 Å². The predicted octanol–water partition coefficient (Wildman–Crippen LogP) is 6.24. The second-order valence-corrected chi connectivity index (χ2v) is 7.51. The Morgan fingerprint density at radius 3 is 1.66 bits per heavy atom. The molecule has 1 heteroatoms. The van der Waals surface area contributed by atoms with Crippen molar-refractivity contribution >= 4 is 5.70 Å². The van der Waals surface area contributed by atoms with Crippen LogP contribution in [-0.4, -0.2) is 7.05 Å². The number of hydrogen-bond acceptors (Lipinski definition) is 1. The first-order chi connectivity index (χ1) is 14.3. The van der Waals surface area contributed by atoms with Crippen molar-refractivity contribution in [3.8, 4) is 11.1 Å². The van der Waals surface area contributed by atoms with Gasteiger partial charge in [0, 0.05) is 12.7 Å². The van der Waals surface area contributed by atoms with Gasteiger partial charge < -0.3 is 5.32 Å². The van der Waals surface area contributed by atoms with E-state index in [1.54, 1.807) is 0 Å². The third-order valence-electron chi connectivity index (χ3n) is 6.13. The lowest BCUT2D eigenvalue weighted by Gasteiger charge is -2.34. The highest BCUT2D eigenvalue weighted by molar-refractivity contribution is 5.86. The maximum atomic E-state index is 4.11. The summed E-state index contributed by atoms with van der Waals surface area (Å²) in [5, 5.41) is 3.15. The summed E-state index contributed by atoms with van der Waals surface area (Å²) < 4.78 is 0. The van der Waals surface area contributed by atoms with Crippen LogP contribution in [0.15, 0.2) is 110 Å². The Morgan fingerprint density at radius 1 is 0.621 bits per heavy atom. The van der Waals surface area contributed by atoms with Crippen molar-refractivity contribution in [2.24, 2.45) is 0 Å². The highest BCUT2D eigenvalue weighted by Crippen LogP contribution is 2.55. The molecule has 0 saturated heterocycles. The van der Waals surface area contributed by atoms with Crippen LogP contribution in [0.4, 0.5) is 0 Å². The average molecular weight is 373 g/mol. The molecule has 0 saturated carbocycles. The molecule has 0 aliphatic heterocycles. The summed E-state index contributed by atoms with van der Waals surface area (Å²) in [5.74, 6) is 0. The molecular formula is C28H23N. The predicted molar refractivity (Wildman–Crippen MR) is 122 cm³/mol. The van der Waals surface area contributed by atoms with E-state index < -0.39 is 0 Å². The molecule has 0 bridgehead atoms. The zero-order valence-corrected chi connectivity index (χ0v) is 16.5. The van der Waals surface area contributed by atoms with Gasteiger partial charge in [0.2, 0.25) is 0 Å². The van der Waals surface area contributed by atoms with Crippen LogP contribution in [0, 0.1) is 0 Å². The van der Waals surface area contributed by atoms with Crippen molar-refractivity contribution in [1.82, 2.24) is 5.32 Å². The molecule has 0 aromatic heterocycles. The van der Waals surface area contributed by atoms with Crippen molar-refractivity contribution in [3.05, 3.63) is 138 Å². The Bertz CT molecular complexity index is 1140. The zero-order chi connectivity index (χ0) is 19.8. The summed E-state index contributed by atoms with van der Waals surface area (Å²) in [6.07, 6.45) is 0. The Balaban J connectivity index is 1.86. The van der Waals surface area contributed by atoms with Crippen molar-refractivity contribution < 1.29 is 0 Å². The molecule has 0 amide bonds. The summed E-state index contributed by atoms with van der Waals surface area (Å²) in [5.41, 5.74) is 9.59. The summed E-state index contributed by atoms with van der Waals surface area (Å²) in [7, 11) is 1.91. The monoisotopic (exact) mass is 373 g/mol. The summed E-state index contributed by atoms with van der Waals surface area (Å²) in [6.45, 7) is 4.11. The van der Waals surface area contributed by atoms with E-state index in [-0.39, 0.29) is 5.41 Å². The topological polar surface area (TPSA) is 12.0 Å². The standard InChI is InChI=1S/C28H23N/c1-20(29-2)21-16-18-23(19-17-21)28(22-10-4-3-5-11-22)26-14-8-6-12-24(26)25-13-7-9-15-27(25)28/h3-19,29H,1H2,2H3. The summed E-state index contributed by atoms with van der Waals surface area (Å²) >= 11 is 0. The Kier molecular flexibility index (Phi) is 4.10. The van der Waals surface area contributed by atoms with E-state index in [1.807, 2.05) is 7.05 Å². The number of fused-ring (bicyclic) bond motifs is 3. The van der Waals surface area contributed by atoms with Gasteiger partial charge >= 0.3 is 0 Å². The SMILES string of the molecule is C=C(NC)c1ccc(C2(c3ccccc3)c3ccccc3-c3ccccc32)cc1. The average Bonchev–Trinajstić information content (AvgIpc) is 3.11. The first kappa shape index (κ1) is 17.5. The normalized spacial score (nSPS) is 13.4. The Hall–Kier alpha value is -3.58. The van der Waals surface area contributed by atoms with Gasteiger partial charge in [-0.3, -0.25) is 0 Å². The molecule has 1 aliphatic carbocycles. The van der Waals surface area contributed by atoms with Crippen LogP contribution < -0.4 is 5.32 Å². The molecule has 4 aromatic rings. The number of hydrogen-bond donors (Lipinski definition) is 1. The molecule has 1 nitrogen and oxygen atoms in total. The van der Waals surface area contributed by atoms with Crippen LogP contribution in [0.2, 0.25) is 0 Å². The maximum Gasteiger partial charge on any atom is 0.0713 e. The fourth-order valence-corrected chi connectivity index (χ4v) is 4.78. The van der Waals surface area contributed by atoms with Gasteiger partial charge in [-0.2, -0.15) is 0 Å². The van der Waals surface area contributed by atoms with Gasteiger partial charge in [-0.05, 0) is 38.9 Å². The third-order valence-corrected chi connectivity index (χ3v) is 6.13. The van der Waals surface area contributed by atoms with Gasteiger partial charge in [-0.15, -0.1) is 0 Å². The van der Waals surface area contributed by atoms with Crippen LogP contribution in [0.3, 0.4) is 0 Å². The quantitative estimate of drug-likeness (QED) is 0.393. The van der Waals surface area contributed by atoms with Crippen LogP contribution in [-0.2, 0) is 5.41 Å². The highest BCUT2D eigenvalue weighted by atomic mass is 14.8. The summed E-state index contributed by atoms with van der Waals surface area (Å²) in [6, 6.07) is 37.3. The zero-order valence-electron chi connectivity index (χ0n) is 16.5. The molecule has 0 atom stereocenters. The van der Waals surface area contributed by atoms with E-state index in [0.717, 1.165) is 11.3 Å². The molecule has 5 rings (SSSR count). The van der Waals surface area contributed by atoms with Crippen molar-refractivity contribution in [3.63, 3.8) is 0 Å². The Morgan fingerprint density at radius 2 is 1.10 bits per heavy atom. The lowest BCUT2D eigenvalue weighted by Crippen LogP contribution is -2.28. The lowest BCUT2D eigenvalue weighted by molar-refractivity contribution is 0.768. The lowest BCUT2D eigenvalue weighted by atomic mass is 9.67.